The average molecular weight is 271 g/mol. The molecule has 0 amide bonds. The van der Waals surface area contributed by atoms with Crippen molar-refractivity contribution in [3.05, 3.63) is 70.3 Å². The van der Waals surface area contributed by atoms with Crippen molar-refractivity contribution < 1.29 is 4.92 Å². The minimum atomic E-state index is -0.395. The van der Waals surface area contributed by atoms with Crippen LogP contribution in [0.3, 0.4) is 0 Å². The SMILES string of the molecule is NCCN(Cc1ccccc1)c1ccc([N+](=O)[O-])cc1. The van der Waals surface area contributed by atoms with Crippen molar-refractivity contribution in [3.63, 3.8) is 0 Å². The molecule has 2 aromatic rings. The Morgan fingerprint density at radius 2 is 1.70 bits per heavy atom. The molecule has 0 bridgehead atoms. The lowest BCUT2D eigenvalue weighted by Gasteiger charge is -2.24. The standard InChI is InChI=1S/C15H17N3O2/c16-10-11-17(12-13-4-2-1-3-5-13)14-6-8-15(9-7-14)18(19)20/h1-9H,10-12,16H2. The van der Waals surface area contributed by atoms with E-state index in [1.54, 1.807) is 12.1 Å². The molecular weight excluding hydrogens is 254 g/mol. The van der Waals surface area contributed by atoms with Crippen LogP contribution in [0.4, 0.5) is 11.4 Å². The van der Waals surface area contributed by atoms with Gasteiger partial charge in [0.2, 0.25) is 0 Å². The molecule has 0 spiro atoms. The average Bonchev–Trinajstić information content (AvgIpc) is 2.48. The number of nitro benzene ring substituents is 1. The zero-order valence-electron chi connectivity index (χ0n) is 11.1. The van der Waals surface area contributed by atoms with Gasteiger partial charge < -0.3 is 10.6 Å². The van der Waals surface area contributed by atoms with E-state index < -0.39 is 4.92 Å². The van der Waals surface area contributed by atoms with E-state index in [-0.39, 0.29) is 5.69 Å². The van der Waals surface area contributed by atoms with Gasteiger partial charge in [0.15, 0.2) is 0 Å². The molecule has 0 aliphatic carbocycles. The summed E-state index contributed by atoms with van der Waals surface area (Å²) < 4.78 is 0. The van der Waals surface area contributed by atoms with Crippen molar-refractivity contribution in [2.75, 3.05) is 18.0 Å². The van der Waals surface area contributed by atoms with E-state index in [1.165, 1.54) is 17.7 Å². The molecule has 0 aromatic heterocycles. The highest BCUT2D eigenvalue weighted by Gasteiger charge is 2.09. The lowest BCUT2D eigenvalue weighted by Crippen LogP contribution is -2.28. The van der Waals surface area contributed by atoms with Gasteiger partial charge >= 0.3 is 0 Å². The maximum atomic E-state index is 10.7. The summed E-state index contributed by atoms with van der Waals surface area (Å²) in [6, 6.07) is 16.6. The van der Waals surface area contributed by atoms with Crippen LogP contribution in [0.15, 0.2) is 54.6 Å². The monoisotopic (exact) mass is 271 g/mol. The molecule has 0 aliphatic rings. The van der Waals surface area contributed by atoms with Crippen molar-refractivity contribution in [3.8, 4) is 0 Å². The van der Waals surface area contributed by atoms with Crippen LogP contribution in [0.25, 0.3) is 0 Å². The van der Waals surface area contributed by atoms with Gasteiger partial charge in [-0.1, -0.05) is 30.3 Å². The molecule has 0 aliphatic heterocycles. The van der Waals surface area contributed by atoms with Gasteiger partial charge in [-0.15, -0.1) is 0 Å². The summed E-state index contributed by atoms with van der Waals surface area (Å²) in [6.07, 6.45) is 0. The Kier molecular flexibility index (Phi) is 4.68. The second-order valence-corrected chi connectivity index (χ2v) is 4.47. The molecule has 20 heavy (non-hydrogen) atoms. The minimum absolute atomic E-state index is 0.0983. The molecule has 0 atom stereocenters. The molecule has 0 heterocycles. The smallest absolute Gasteiger partial charge is 0.269 e. The van der Waals surface area contributed by atoms with Crippen LogP contribution in [-0.2, 0) is 6.54 Å². The van der Waals surface area contributed by atoms with Crippen LogP contribution in [0, 0.1) is 10.1 Å². The molecule has 5 nitrogen and oxygen atoms in total. The molecule has 2 N–H and O–H groups in total. The highest BCUT2D eigenvalue weighted by atomic mass is 16.6. The molecule has 104 valence electrons. The van der Waals surface area contributed by atoms with Gasteiger partial charge in [-0.2, -0.15) is 0 Å². The number of benzene rings is 2. The first-order chi connectivity index (χ1) is 9.70. The number of hydrogen-bond acceptors (Lipinski definition) is 4. The number of nitrogens with zero attached hydrogens (tertiary/aromatic N) is 2. The number of rotatable bonds is 6. The summed E-state index contributed by atoms with van der Waals surface area (Å²) in [5.41, 5.74) is 7.86. The number of nitro groups is 1. The van der Waals surface area contributed by atoms with Crippen molar-refractivity contribution in [2.24, 2.45) is 5.73 Å². The van der Waals surface area contributed by atoms with E-state index in [1.807, 2.05) is 18.2 Å². The van der Waals surface area contributed by atoms with Crippen molar-refractivity contribution in [1.29, 1.82) is 0 Å². The van der Waals surface area contributed by atoms with Crippen LogP contribution in [-0.4, -0.2) is 18.0 Å². The van der Waals surface area contributed by atoms with Crippen molar-refractivity contribution in [2.45, 2.75) is 6.54 Å². The first kappa shape index (κ1) is 14.0. The Labute approximate surface area is 117 Å². The molecule has 0 saturated heterocycles. The van der Waals surface area contributed by atoms with Crippen LogP contribution in [0.1, 0.15) is 5.56 Å². The van der Waals surface area contributed by atoms with E-state index in [0.29, 0.717) is 13.1 Å². The Hall–Kier alpha value is -2.40. The predicted molar refractivity (Wildman–Crippen MR) is 79.6 cm³/mol. The fourth-order valence-electron chi connectivity index (χ4n) is 2.04. The third-order valence-electron chi connectivity index (χ3n) is 3.04. The number of non-ortho nitro benzene ring substituents is 1. The Morgan fingerprint density at radius 3 is 2.25 bits per heavy atom. The van der Waals surface area contributed by atoms with Gasteiger partial charge in [0.05, 0.1) is 4.92 Å². The maximum Gasteiger partial charge on any atom is 0.269 e. The highest BCUT2D eigenvalue weighted by molar-refractivity contribution is 5.51. The largest absolute Gasteiger partial charge is 0.366 e. The number of hydrogen-bond donors (Lipinski definition) is 1. The van der Waals surface area contributed by atoms with Crippen LogP contribution in [0.5, 0.6) is 0 Å². The Balaban J connectivity index is 2.17. The summed E-state index contributed by atoms with van der Waals surface area (Å²) in [5, 5.41) is 10.7. The number of anilines is 1. The second-order valence-electron chi connectivity index (χ2n) is 4.47. The van der Waals surface area contributed by atoms with E-state index in [0.717, 1.165) is 12.2 Å². The molecule has 0 unspecified atom stereocenters. The Bertz CT molecular complexity index is 555. The summed E-state index contributed by atoms with van der Waals surface area (Å²) in [7, 11) is 0. The lowest BCUT2D eigenvalue weighted by atomic mass is 10.2. The van der Waals surface area contributed by atoms with Gasteiger partial charge in [-0.25, -0.2) is 0 Å². The van der Waals surface area contributed by atoms with E-state index in [2.05, 4.69) is 17.0 Å². The third kappa shape index (κ3) is 3.55. The van der Waals surface area contributed by atoms with Gasteiger partial charge in [0.1, 0.15) is 0 Å². The number of nitrogens with two attached hydrogens (primary N) is 1. The zero-order valence-corrected chi connectivity index (χ0v) is 11.1. The van der Waals surface area contributed by atoms with E-state index in [4.69, 9.17) is 5.73 Å². The second kappa shape index (κ2) is 6.68. The summed E-state index contributed by atoms with van der Waals surface area (Å²) in [4.78, 5) is 12.4. The highest BCUT2D eigenvalue weighted by Crippen LogP contribution is 2.20. The Morgan fingerprint density at radius 1 is 1.05 bits per heavy atom. The van der Waals surface area contributed by atoms with Crippen molar-refractivity contribution in [1.82, 2.24) is 0 Å². The fraction of sp³-hybridized carbons (Fsp3) is 0.200. The first-order valence-corrected chi connectivity index (χ1v) is 6.44. The third-order valence-corrected chi connectivity index (χ3v) is 3.04. The van der Waals surface area contributed by atoms with Crippen LogP contribution < -0.4 is 10.6 Å². The molecule has 0 fully saturated rings. The topological polar surface area (TPSA) is 72.4 Å². The minimum Gasteiger partial charge on any atom is -0.366 e. The van der Waals surface area contributed by atoms with Gasteiger partial charge in [-0.3, -0.25) is 10.1 Å². The molecule has 0 saturated carbocycles. The summed E-state index contributed by atoms with van der Waals surface area (Å²) in [5.74, 6) is 0. The van der Waals surface area contributed by atoms with Crippen LogP contribution in [0.2, 0.25) is 0 Å². The van der Waals surface area contributed by atoms with Crippen molar-refractivity contribution >= 4 is 11.4 Å². The fourth-order valence-corrected chi connectivity index (χ4v) is 2.04. The van der Waals surface area contributed by atoms with E-state index >= 15 is 0 Å². The summed E-state index contributed by atoms with van der Waals surface area (Å²) in [6.45, 7) is 1.96. The van der Waals surface area contributed by atoms with E-state index in [9.17, 15) is 10.1 Å². The maximum absolute atomic E-state index is 10.7. The summed E-state index contributed by atoms with van der Waals surface area (Å²) >= 11 is 0. The molecule has 5 heteroatoms. The zero-order chi connectivity index (χ0) is 14.4. The molecule has 2 rings (SSSR count). The van der Waals surface area contributed by atoms with Gasteiger partial charge in [0, 0.05) is 37.5 Å². The molecule has 2 aromatic carbocycles. The quantitative estimate of drug-likeness (QED) is 0.647. The predicted octanol–water partition coefficient (Wildman–Crippen LogP) is 2.56. The molecule has 0 radical (unpaired) electrons. The van der Waals surface area contributed by atoms with Crippen LogP contribution >= 0.6 is 0 Å². The lowest BCUT2D eigenvalue weighted by molar-refractivity contribution is -0.384. The van der Waals surface area contributed by atoms with Gasteiger partial charge in [-0.05, 0) is 17.7 Å². The molecular formula is C15H17N3O2. The van der Waals surface area contributed by atoms with Gasteiger partial charge in [0.25, 0.3) is 5.69 Å². The normalized spacial score (nSPS) is 10.2. The first-order valence-electron chi connectivity index (χ1n) is 6.44.